The van der Waals surface area contributed by atoms with E-state index in [2.05, 4.69) is 6.92 Å². The van der Waals surface area contributed by atoms with Gasteiger partial charge in [-0.25, -0.2) is 0 Å². The Kier molecular flexibility index (Phi) is 6.24. The van der Waals surface area contributed by atoms with E-state index in [0.717, 1.165) is 31.6 Å². The van der Waals surface area contributed by atoms with Gasteiger partial charge in [-0.3, -0.25) is 9.59 Å². The van der Waals surface area contributed by atoms with E-state index in [-0.39, 0.29) is 11.9 Å². The average Bonchev–Trinajstić information content (AvgIpc) is 2.37. The molecule has 0 heterocycles. The summed E-state index contributed by atoms with van der Waals surface area (Å²) in [6.07, 6.45) is 4.37. The van der Waals surface area contributed by atoms with Crippen molar-refractivity contribution in [3.05, 3.63) is 0 Å². The van der Waals surface area contributed by atoms with Crippen LogP contribution in [0.1, 0.15) is 60.3 Å². The molecule has 1 rings (SSSR count). The van der Waals surface area contributed by atoms with Crippen molar-refractivity contribution >= 4 is 11.9 Å². The second kappa shape index (κ2) is 7.28. The maximum absolute atomic E-state index is 12.8. The summed E-state index contributed by atoms with van der Waals surface area (Å²) in [5, 5.41) is 0. The van der Waals surface area contributed by atoms with Crippen molar-refractivity contribution in [2.75, 3.05) is 13.7 Å². The first-order valence-corrected chi connectivity index (χ1v) is 8.11. The normalized spacial score (nSPS) is 24.3. The third kappa shape index (κ3) is 4.72. The predicted molar refractivity (Wildman–Crippen MR) is 83.8 cm³/mol. The Labute approximate surface area is 129 Å². The number of ether oxygens (including phenoxy) is 1. The Morgan fingerprint density at radius 3 is 2.14 bits per heavy atom. The monoisotopic (exact) mass is 297 g/mol. The highest BCUT2D eigenvalue weighted by atomic mass is 16.5. The molecule has 1 aliphatic carbocycles. The van der Waals surface area contributed by atoms with Crippen molar-refractivity contribution in [2.45, 2.75) is 66.3 Å². The summed E-state index contributed by atoms with van der Waals surface area (Å²) in [7, 11) is 1.83. The van der Waals surface area contributed by atoms with Crippen LogP contribution in [0.3, 0.4) is 0 Å². The lowest BCUT2D eigenvalue weighted by molar-refractivity contribution is -0.161. The largest absolute Gasteiger partial charge is 0.465 e. The summed E-state index contributed by atoms with van der Waals surface area (Å²) in [6.45, 7) is 10.1. The van der Waals surface area contributed by atoms with E-state index in [1.807, 2.05) is 27.8 Å². The molecule has 4 nitrogen and oxygen atoms in total. The Morgan fingerprint density at radius 2 is 1.71 bits per heavy atom. The molecule has 122 valence electrons. The number of hydrogen-bond acceptors (Lipinski definition) is 3. The van der Waals surface area contributed by atoms with E-state index >= 15 is 0 Å². The van der Waals surface area contributed by atoms with Gasteiger partial charge in [0, 0.05) is 13.1 Å². The van der Waals surface area contributed by atoms with E-state index in [1.165, 1.54) is 0 Å². The lowest BCUT2D eigenvalue weighted by atomic mass is 9.79. The van der Waals surface area contributed by atoms with E-state index in [0.29, 0.717) is 6.61 Å². The number of hydrogen-bond donors (Lipinski definition) is 0. The van der Waals surface area contributed by atoms with Crippen molar-refractivity contribution in [3.8, 4) is 0 Å². The Balaban J connectivity index is 2.82. The molecule has 4 heteroatoms. The van der Waals surface area contributed by atoms with Gasteiger partial charge in [0.25, 0.3) is 0 Å². The van der Waals surface area contributed by atoms with Crippen LogP contribution in [-0.2, 0) is 14.3 Å². The Hall–Kier alpha value is -1.06. The van der Waals surface area contributed by atoms with Crippen molar-refractivity contribution < 1.29 is 14.3 Å². The first-order valence-electron chi connectivity index (χ1n) is 8.11. The standard InChI is InChI=1S/C17H31NO3/c1-7-21-16(20)14(17(3,4)5)15(19)18(6)13-10-8-12(2)9-11-13/h12-14H,7-11H2,1-6H3. The topological polar surface area (TPSA) is 46.6 Å². The molecule has 0 aliphatic heterocycles. The van der Waals surface area contributed by atoms with Gasteiger partial charge in [0.05, 0.1) is 6.61 Å². The Bertz CT molecular complexity index is 365. The van der Waals surface area contributed by atoms with Crippen LogP contribution in [0.5, 0.6) is 0 Å². The van der Waals surface area contributed by atoms with E-state index in [4.69, 9.17) is 4.74 Å². The number of carbonyl (C=O) groups is 2. The van der Waals surface area contributed by atoms with E-state index in [9.17, 15) is 9.59 Å². The number of carbonyl (C=O) groups excluding carboxylic acids is 2. The van der Waals surface area contributed by atoms with Crippen LogP contribution in [0, 0.1) is 17.3 Å². The van der Waals surface area contributed by atoms with Gasteiger partial charge in [0.15, 0.2) is 0 Å². The summed E-state index contributed by atoms with van der Waals surface area (Å²) in [4.78, 5) is 26.8. The number of nitrogens with zero attached hydrogens (tertiary/aromatic N) is 1. The molecular formula is C17H31NO3. The summed E-state index contributed by atoms with van der Waals surface area (Å²) in [5.41, 5.74) is -0.431. The zero-order valence-corrected chi connectivity index (χ0v) is 14.4. The highest BCUT2D eigenvalue weighted by Gasteiger charge is 2.42. The molecule has 0 N–H and O–H groups in total. The minimum atomic E-state index is -0.721. The van der Waals surface area contributed by atoms with Crippen molar-refractivity contribution in [1.29, 1.82) is 0 Å². The molecule has 0 spiro atoms. The summed E-state index contributed by atoms with van der Waals surface area (Å²) in [5.74, 6) is -0.471. The first-order chi connectivity index (χ1) is 9.68. The maximum Gasteiger partial charge on any atom is 0.319 e. The maximum atomic E-state index is 12.8. The summed E-state index contributed by atoms with van der Waals surface area (Å²) < 4.78 is 5.12. The molecule has 0 saturated heterocycles. The van der Waals surface area contributed by atoms with Gasteiger partial charge < -0.3 is 9.64 Å². The third-order valence-corrected chi connectivity index (χ3v) is 4.52. The molecule has 21 heavy (non-hydrogen) atoms. The van der Waals surface area contributed by atoms with Crippen LogP contribution in [0.25, 0.3) is 0 Å². The van der Waals surface area contributed by atoms with Gasteiger partial charge in [-0.1, -0.05) is 27.7 Å². The molecule has 1 unspecified atom stereocenters. The van der Waals surface area contributed by atoms with Gasteiger partial charge >= 0.3 is 5.97 Å². The lowest BCUT2D eigenvalue weighted by Crippen LogP contribution is -2.48. The zero-order valence-electron chi connectivity index (χ0n) is 14.4. The smallest absolute Gasteiger partial charge is 0.319 e. The highest BCUT2D eigenvalue weighted by Crippen LogP contribution is 2.32. The predicted octanol–water partition coefficient (Wildman–Crippen LogP) is 3.25. The highest BCUT2D eigenvalue weighted by molar-refractivity contribution is 5.98. The van der Waals surface area contributed by atoms with Gasteiger partial charge in [-0.2, -0.15) is 0 Å². The van der Waals surface area contributed by atoms with Gasteiger partial charge in [-0.15, -0.1) is 0 Å². The second-order valence-electron chi connectivity index (χ2n) is 7.41. The summed E-state index contributed by atoms with van der Waals surface area (Å²) >= 11 is 0. The van der Waals surface area contributed by atoms with Crippen LogP contribution < -0.4 is 0 Å². The lowest BCUT2D eigenvalue weighted by Gasteiger charge is -2.37. The molecule has 0 aromatic heterocycles. The molecular weight excluding hydrogens is 266 g/mol. The van der Waals surface area contributed by atoms with Gasteiger partial charge in [0.2, 0.25) is 5.91 Å². The fourth-order valence-corrected chi connectivity index (χ4v) is 3.06. The second-order valence-corrected chi connectivity index (χ2v) is 7.41. The van der Waals surface area contributed by atoms with Gasteiger partial charge in [0.1, 0.15) is 5.92 Å². The van der Waals surface area contributed by atoms with Crippen LogP contribution >= 0.6 is 0 Å². The molecule has 0 aromatic rings. The molecule has 1 amide bonds. The van der Waals surface area contributed by atoms with E-state index < -0.39 is 17.3 Å². The van der Waals surface area contributed by atoms with Crippen LogP contribution in [0.4, 0.5) is 0 Å². The summed E-state index contributed by atoms with van der Waals surface area (Å²) in [6, 6.07) is 0.257. The zero-order chi connectivity index (χ0) is 16.2. The van der Waals surface area contributed by atoms with Crippen LogP contribution in [-0.4, -0.2) is 36.5 Å². The molecule has 0 aromatic carbocycles. The third-order valence-electron chi connectivity index (χ3n) is 4.52. The molecule has 0 bridgehead atoms. The number of amides is 1. The molecule has 1 aliphatic rings. The minimum Gasteiger partial charge on any atom is -0.465 e. The molecule has 1 saturated carbocycles. The fraction of sp³-hybridized carbons (Fsp3) is 0.882. The van der Waals surface area contributed by atoms with Crippen molar-refractivity contribution in [1.82, 2.24) is 4.90 Å². The average molecular weight is 297 g/mol. The van der Waals surface area contributed by atoms with Crippen LogP contribution in [0.15, 0.2) is 0 Å². The molecule has 1 fully saturated rings. The number of rotatable bonds is 4. The SMILES string of the molecule is CCOC(=O)C(C(=O)N(C)C1CCC(C)CC1)C(C)(C)C. The van der Waals surface area contributed by atoms with Crippen molar-refractivity contribution in [2.24, 2.45) is 17.3 Å². The van der Waals surface area contributed by atoms with Crippen LogP contribution in [0.2, 0.25) is 0 Å². The minimum absolute atomic E-state index is 0.0968. The molecule has 0 radical (unpaired) electrons. The molecule has 1 atom stereocenters. The number of esters is 1. The van der Waals surface area contributed by atoms with E-state index in [1.54, 1.807) is 11.8 Å². The quantitative estimate of drug-likeness (QED) is 0.591. The van der Waals surface area contributed by atoms with Crippen molar-refractivity contribution in [3.63, 3.8) is 0 Å². The first kappa shape index (κ1) is 18.0. The Morgan fingerprint density at radius 1 is 1.19 bits per heavy atom. The van der Waals surface area contributed by atoms with Gasteiger partial charge in [-0.05, 0) is 43.9 Å². The fourth-order valence-electron chi connectivity index (χ4n) is 3.06.